The third-order valence-corrected chi connectivity index (χ3v) is 3.31. The minimum absolute atomic E-state index is 0.00205. The second kappa shape index (κ2) is 7.49. The van der Waals surface area contributed by atoms with Crippen LogP contribution in [0.2, 0.25) is 0 Å². The lowest BCUT2D eigenvalue weighted by Gasteiger charge is -2.17. The molecule has 5 heteroatoms. The average Bonchev–Trinajstić information content (AvgIpc) is 2.47. The summed E-state index contributed by atoms with van der Waals surface area (Å²) in [5.41, 5.74) is 1.08. The van der Waals surface area contributed by atoms with Gasteiger partial charge in [0.25, 0.3) is 0 Å². The molecule has 100 valence electrons. The zero-order valence-corrected chi connectivity index (χ0v) is 12.0. The van der Waals surface area contributed by atoms with Crippen molar-refractivity contribution in [2.45, 2.75) is 13.0 Å². The van der Waals surface area contributed by atoms with E-state index in [1.54, 1.807) is 6.26 Å². The molecule has 0 fully saturated rings. The van der Waals surface area contributed by atoms with Crippen LogP contribution in [0.1, 0.15) is 18.5 Å². The molecule has 0 bridgehead atoms. The first-order valence-corrected chi connectivity index (χ1v) is 6.94. The van der Waals surface area contributed by atoms with Crippen molar-refractivity contribution in [3.63, 3.8) is 0 Å². The van der Waals surface area contributed by atoms with Crippen LogP contribution in [0, 0.1) is 11.3 Å². The molecule has 0 radical (unpaired) electrons. The smallest absolute Gasteiger partial charge is 0.351 e. The third kappa shape index (κ3) is 4.04. The van der Waals surface area contributed by atoms with E-state index in [-0.39, 0.29) is 11.6 Å². The molecule has 0 aliphatic heterocycles. The van der Waals surface area contributed by atoms with Crippen LogP contribution < -0.4 is 5.32 Å². The van der Waals surface area contributed by atoms with Crippen LogP contribution in [0.5, 0.6) is 0 Å². The van der Waals surface area contributed by atoms with Crippen molar-refractivity contribution in [3.05, 3.63) is 46.5 Å². The van der Waals surface area contributed by atoms with Gasteiger partial charge in [-0.1, -0.05) is 30.3 Å². The Balaban J connectivity index is 2.97. The second-order valence-electron chi connectivity index (χ2n) is 3.79. The highest BCUT2D eigenvalue weighted by molar-refractivity contribution is 8.02. The van der Waals surface area contributed by atoms with Gasteiger partial charge in [-0.15, -0.1) is 11.8 Å². The molecule has 0 spiro atoms. The van der Waals surface area contributed by atoms with E-state index in [2.05, 4.69) is 10.1 Å². The van der Waals surface area contributed by atoms with Crippen LogP contribution in [-0.2, 0) is 9.53 Å². The van der Waals surface area contributed by atoms with E-state index in [0.717, 1.165) is 5.56 Å². The molecule has 0 aromatic heterocycles. The fraction of sp³-hybridized carbons (Fsp3) is 0.286. The molecule has 0 aliphatic carbocycles. The number of ether oxygens (including phenoxy) is 1. The van der Waals surface area contributed by atoms with E-state index < -0.39 is 5.97 Å². The molecular formula is C14H16N2O2S. The maximum atomic E-state index is 11.5. The number of hydrogen-bond acceptors (Lipinski definition) is 5. The van der Waals surface area contributed by atoms with Crippen molar-refractivity contribution in [2.75, 3.05) is 13.4 Å². The third-order valence-electron chi connectivity index (χ3n) is 2.58. The zero-order chi connectivity index (χ0) is 14.3. The van der Waals surface area contributed by atoms with Crippen molar-refractivity contribution < 1.29 is 9.53 Å². The number of esters is 1. The maximum Gasteiger partial charge on any atom is 0.351 e. The molecule has 1 aromatic carbocycles. The van der Waals surface area contributed by atoms with Gasteiger partial charge >= 0.3 is 5.97 Å². The monoisotopic (exact) mass is 276 g/mol. The van der Waals surface area contributed by atoms with Gasteiger partial charge < -0.3 is 10.1 Å². The molecule has 1 unspecified atom stereocenters. The summed E-state index contributed by atoms with van der Waals surface area (Å²) in [5, 5.41) is 12.7. The predicted octanol–water partition coefficient (Wildman–Crippen LogP) is 2.61. The Labute approximate surface area is 117 Å². The minimum Gasteiger partial charge on any atom is -0.465 e. The number of carbonyl (C=O) groups excluding carboxylic acids is 1. The van der Waals surface area contributed by atoms with E-state index in [9.17, 15) is 4.79 Å². The molecule has 0 saturated heterocycles. The predicted molar refractivity (Wildman–Crippen MR) is 76.2 cm³/mol. The Morgan fingerprint density at radius 2 is 2.05 bits per heavy atom. The summed E-state index contributed by atoms with van der Waals surface area (Å²) in [6, 6.07) is 11.7. The number of hydrogen-bond donors (Lipinski definition) is 1. The van der Waals surface area contributed by atoms with Gasteiger partial charge in [0, 0.05) is 6.04 Å². The highest BCUT2D eigenvalue weighted by Crippen LogP contribution is 2.20. The van der Waals surface area contributed by atoms with Crippen LogP contribution in [-0.4, -0.2) is 19.3 Å². The van der Waals surface area contributed by atoms with E-state index in [4.69, 9.17) is 5.26 Å². The SMILES string of the molecule is COC(=O)C(C#N)=C(NC(C)c1ccccc1)SC. The lowest BCUT2D eigenvalue weighted by atomic mass is 10.1. The Bertz CT molecular complexity index is 506. The molecule has 0 heterocycles. The van der Waals surface area contributed by atoms with Gasteiger partial charge in [-0.05, 0) is 18.7 Å². The van der Waals surface area contributed by atoms with Crippen LogP contribution in [0.25, 0.3) is 0 Å². The van der Waals surface area contributed by atoms with Crippen molar-refractivity contribution in [2.24, 2.45) is 0 Å². The van der Waals surface area contributed by atoms with E-state index >= 15 is 0 Å². The zero-order valence-electron chi connectivity index (χ0n) is 11.1. The van der Waals surface area contributed by atoms with Gasteiger partial charge in [-0.25, -0.2) is 4.79 Å². The summed E-state index contributed by atoms with van der Waals surface area (Å²) < 4.78 is 4.60. The summed E-state index contributed by atoms with van der Waals surface area (Å²) in [7, 11) is 1.26. The highest BCUT2D eigenvalue weighted by Gasteiger charge is 2.17. The molecule has 4 nitrogen and oxygen atoms in total. The lowest BCUT2D eigenvalue weighted by Crippen LogP contribution is -2.20. The first kappa shape index (κ1) is 15.1. The molecule has 0 saturated carbocycles. The van der Waals surface area contributed by atoms with Crippen molar-refractivity contribution >= 4 is 17.7 Å². The Kier molecular flexibility index (Phi) is 5.97. The first-order valence-electron chi connectivity index (χ1n) is 5.72. The van der Waals surface area contributed by atoms with Gasteiger partial charge in [0.2, 0.25) is 0 Å². The number of thioether (sulfide) groups is 1. The van der Waals surface area contributed by atoms with Gasteiger partial charge in [-0.3, -0.25) is 0 Å². The number of rotatable bonds is 5. The number of nitrogens with one attached hydrogen (secondary N) is 1. The molecule has 1 rings (SSSR count). The first-order chi connectivity index (χ1) is 9.13. The number of carbonyl (C=O) groups is 1. The van der Waals surface area contributed by atoms with Crippen LogP contribution in [0.3, 0.4) is 0 Å². The van der Waals surface area contributed by atoms with Crippen LogP contribution in [0.15, 0.2) is 40.9 Å². The molecule has 1 N–H and O–H groups in total. The van der Waals surface area contributed by atoms with Crippen molar-refractivity contribution in [1.82, 2.24) is 5.32 Å². The maximum absolute atomic E-state index is 11.5. The Morgan fingerprint density at radius 3 is 2.53 bits per heavy atom. The van der Waals surface area contributed by atoms with Crippen molar-refractivity contribution in [1.29, 1.82) is 5.26 Å². The highest BCUT2D eigenvalue weighted by atomic mass is 32.2. The number of nitrogens with zero attached hydrogens (tertiary/aromatic N) is 1. The Hall–Kier alpha value is -1.93. The second-order valence-corrected chi connectivity index (χ2v) is 4.60. The van der Waals surface area contributed by atoms with E-state index in [1.807, 2.05) is 43.3 Å². The lowest BCUT2D eigenvalue weighted by molar-refractivity contribution is -0.135. The van der Waals surface area contributed by atoms with Gasteiger partial charge in [0.1, 0.15) is 6.07 Å². The molecular weight excluding hydrogens is 260 g/mol. The topological polar surface area (TPSA) is 62.1 Å². The van der Waals surface area contributed by atoms with E-state index in [0.29, 0.717) is 5.03 Å². The van der Waals surface area contributed by atoms with Gasteiger partial charge in [0.05, 0.1) is 12.1 Å². The van der Waals surface area contributed by atoms with Crippen molar-refractivity contribution in [3.8, 4) is 6.07 Å². The summed E-state index contributed by atoms with van der Waals surface area (Å²) >= 11 is 1.31. The normalized spacial score (nSPS) is 12.9. The van der Waals surface area contributed by atoms with Gasteiger partial charge in [0.15, 0.2) is 5.57 Å². The summed E-state index contributed by atoms with van der Waals surface area (Å²) in [6.45, 7) is 1.97. The number of nitriles is 1. The largest absolute Gasteiger partial charge is 0.465 e. The number of methoxy groups -OCH3 is 1. The standard InChI is InChI=1S/C14H16N2O2S/c1-10(11-7-5-4-6-8-11)16-13(19-3)12(9-15)14(17)18-2/h4-8,10,16H,1-3H3. The molecule has 19 heavy (non-hydrogen) atoms. The molecule has 0 aliphatic rings. The number of benzene rings is 1. The molecule has 1 atom stereocenters. The minimum atomic E-state index is -0.625. The summed E-state index contributed by atoms with van der Waals surface area (Å²) in [6.07, 6.45) is 1.81. The molecule has 0 amide bonds. The van der Waals surface area contributed by atoms with Gasteiger partial charge in [-0.2, -0.15) is 5.26 Å². The van der Waals surface area contributed by atoms with Crippen LogP contribution >= 0.6 is 11.8 Å². The van der Waals surface area contributed by atoms with E-state index in [1.165, 1.54) is 18.9 Å². The average molecular weight is 276 g/mol. The summed E-state index contributed by atoms with van der Waals surface area (Å²) in [4.78, 5) is 11.5. The fourth-order valence-corrected chi connectivity index (χ4v) is 2.17. The molecule has 1 aromatic rings. The quantitative estimate of drug-likeness (QED) is 0.509. The van der Waals surface area contributed by atoms with Crippen LogP contribution in [0.4, 0.5) is 0 Å². The summed E-state index contributed by atoms with van der Waals surface area (Å²) in [5.74, 6) is -0.625. The Morgan fingerprint density at radius 1 is 1.42 bits per heavy atom. The fourth-order valence-electron chi connectivity index (χ4n) is 1.55.